The minimum Gasteiger partial charge on any atom is -0.478 e. The largest absolute Gasteiger partial charge is 0.478 e. The molecule has 1 aliphatic heterocycles. The molecule has 7 nitrogen and oxygen atoms in total. The van der Waals surface area contributed by atoms with Crippen LogP contribution in [0.1, 0.15) is 75.2 Å². The third-order valence-electron chi connectivity index (χ3n) is 6.46. The Bertz CT molecular complexity index is 708. The van der Waals surface area contributed by atoms with Crippen molar-refractivity contribution in [3.63, 3.8) is 0 Å². The van der Waals surface area contributed by atoms with E-state index in [9.17, 15) is 19.5 Å². The molecule has 184 valence electrons. The quantitative estimate of drug-likeness (QED) is 0.551. The van der Waals surface area contributed by atoms with Crippen LogP contribution in [0.2, 0.25) is 0 Å². The van der Waals surface area contributed by atoms with E-state index in [4.69, 9.17) is 0 Å². The van der Waals surface area contributed by atoms with Crippen molar-refractivity contribution in [1.29, 1.82) is 0 Å². The fourth-order valence-electron chi connectivity index (χ4n) is 4.36. The number of likely N-dealkylation sites (tertiary alicyclic amines) is 1. The lowest BCUT2D eigenvalue weighted by Gasteiger charge is -2.42. The maximum absolute atomic E-state index is 13.6. The molecule has 0 radical (unpaired) electrons. The number of carboxylic acid groups (broad SMARTS) is 1. The van der Waals surface area contributed by atoms with Gasteiger partial charge in [-0.25, -0.2) is 4.79 Å². The molecule has 0 unspecified atom stereocenters. The zero-order valence-electron chi connectivity index (χ0n) is 21.7. The number of rotatable bonds is 8. The highest BCUT2D eigenvalue weighted by molar-refractivity contribution is 5.91. The van der Waals surface area contributed by atoms with E-state index in [0.29, 0.717) is 5.92 Å². The number of carbonyl (C=O) groups excluding carboxylic acids is 2. The maximum atomic E-state index is 13.6. The average Bonchev–Trinajstić information content (AvgIpc) is 2.67. The van der Waals surface area contributed by atoms with Crippen molar-refractivity contribution in [2.45, 2.75) is 99.3 Å². The first-order valence-electron chi connectivity index (χ1n) is 11.8. The summed E-state index contributed by atoms with van der Waals surface area (Å²) in [5, 5.41) is 12.4. The summed E-state index contributed by atoms with van der Waals surface area (Å²) in [6.45, 7) is 18.5. The molecule has 1 fully saturated rings. The number of nitrogens with one attached hydrogen (secondary N) is 1. The second kappa shape index (κ2) is 11.3. The molecule has 0 aromatic rings. The van der Waals surface area contributed by atoms with Crippen molar-refractivity contribution in [2.75, 3.05) is 13.6 Å². The molecule has 1 aliphatic rings. The Balaban J connectivity index is 3.17. The molecular weight excluding hydrogens is 406 g/mol. The number of amides is 2. The number of carboxylic acids is 1. The highest BCUT2D eigenvalue weighted by Crippen LogP contribution is 2.27. The molecular formula is C25H45N3O4. The van der Waals surface area contributed by atoms with Crippen LogP contribution in [0.15, 0.2) is 11.6 Å². The van der Waals surface area contributed by atoms with Crippen molar-refractivity contribution in [1.82, 2.24) is 15.1 Å². The van der Waals surface area contributed by atoms with Gasteiger partial charge >= 0.3 is 5.97 Å². The molecule has 32 heavy (non-hydrogen) atoms. The van der Waals surface area contributed by atoms with Gasteiger partial charge in [0.15, 0.2) is 0 Å². The van der Waals surface area contributed by atoms with Gasteiger partial charge in [-0.3, -0.25) is 14.5 Å². The number of carbonyl (C=O) groups is 3. The Labute approximate surface area is 194 Å². The van der Waals surface area contributed by atoms with E-state index in [0.717, 1.165) is 19.4 Å². The van der Waals surface area contributed by atoms with Crippen molar-refractivity contribution < 1.29 is 19.5 Å². The molecule has 4 atom stereocenters. The van der Waals surface area contributed by atoms with E-state index < -0.39 is 17.4 Å². The molecule has 1 saturated heterocycles. The lowest BCUT2D eigenvalue weighted by Crippen LogP contribution is -2.61. The van der Waals surface area contributed by atoms with Crippen molar-refractivity contribution in [2.24, 2.45) is 17.3 Å². The molecule has 1 heterocycles. The fourth-order valence-corrected chi connectivity index (χ4v) is 4.36. The second-order valence-corrected chi connectivity index (χ2v) is 11.1. The van der Waals surface area contributed by atoms with Crippen LogP contribution in [-0.4, -0.2) is 70.4 Å². The molecule has 7 heteroatoms. The highest BCUT2D eigenvalue weighted by Gasteiger charge is 2.40. The Hall–Kier alpha value is -1.89. The van der Waals surface area contributed by atoms with Gasteiger partial charge in [0, 0.05) is 25.2 Å². The van der Waals surface area contributed by atoms with Crippen molar-refractivity contribution in [3.05, 3.63) is 11.6 Å². The topological polar surface area (TPSA) is 90.0 Å². The van der Waals surface area contributed by atoms with Crippen LogP contribution in [0.5, 0.6) is 0 Å². The van der Waals surface area contributed by atoms with Gasteiger partial charge < -0.3 is 15.3 Å². The monoisotopic (exact) mass is 451 g/mol. The lowest BCUT2D eigenvalue weighted by molar-refractivity contribution is -0.142. The van der Waals surface area contributed by atoms with E-state index in [2.05, 4.69) is 31.0 Å². The van der Waals surface area contributed by atoms with E-state index in [1.807, 2.05) is 34.6 Å². The number of piperidine rings is 1. The predicted octanol–water partition coefficient (Wildman–Crippen LogP) is 3.54. The summed E-state index contributed by atoms with van der Waals surface area (Å²) in [7, 11) is 1.69. The van der Waals surface area contributed by atoms with Gasteiger partial charge in [0.2, 0.25) is 11.8 Å². The first-order chi connectivity index (χ1) is 14.6. The van der Waals surface area contributed by atoms with E-state index >= 15 is 0 Å². The molecule has 2 amide bonds. The average molecular weight is 452 g/mol. The molecule has 0 spiro atoms. The summed E-state index contributed by atoms with van der Waals surface area (Å²) < 4.78 is 0. The van der Waals surface area contributed by atoms with Gasteiger partial charge in [-0.1, -0.05) is 47.6 Å². The summed E-state index contributed by atoms with van der Waals surface area (Å²) in [5.41, 5.74) is -0.304. The minimum absolute atomic E-state index is 0.0193. The third-order valence-corrected chi connectivity index (χ3v) is 6.46. The summed E-state index contributed by atoms with van der Waals surface area (Å²) in [5.74, 6) is -0.753. The van der Waals surface area contributed by atoms with Gasteiger partial charge in [-0.05, 0) is 50.9 Å². The van der Waals surface area contributed by atoms with E-state index in [1.54, 1.807) is 18.0 Å². The fraction of sp³-hybridized carbons (Fsp3) is 0.800. The van der Waals surface area contributed by atoms with E-state index in [-0.39, 0.29) is 41.4 Å². The molecule has 0 aliphatic carbocycles. The Morgan fingerprint density at radius 2 is 1.69 bits per heavy atom. The van der Waals surface area contributed by atoms with Crippen LogP contribution >= 0.6 is 0 Å². The summed E-state index contributed by atoms with van der Waals surface area (Å²) in [6, 6.07) is -1.10. The molecule has 0 aromatic carbocycles. The normalized spacial score (nSPS) is 22.6. The molecule has 2 N–H and O–H groups in total. The number of aliphatic carboxylic acids is 1. The van der Waals surface area contributed by atoms with Crippen LogP contribution in [-0.2, 0) is 14.4 Å². The molecule has 1 rings (SSSR count). The third kappa shape index (κ3) is 7.32. The Morgan fingerprint density at radius 3 is 2.12 bits per heavy atom. The van der Waals surface area contributed by atoms with Gasteiger partial charge in [0.25, 0.3) is 0 Å². The van der Waals surface area contributed by atoms with Crippen LogP contribution in [0.25, 0.3) is 0 Å². The standard InChI is InChI=1S/C25H45N3O4/c1-15(2)20(13-18(6)24(31)32)27(10)23(30)21(25(7,8)9)26-22(29)19-12-11-17(5)14-28(19)16(3)4/h13,15-17,19-21H,11-12,14H2,1-10H3,(H,26,29)(H,31,32)/t17-,19-,20+,21+/m0/s1. The van der Waals surface area contributed by atoms with Crippen LogP contribution in [0.4, 0.5) is 0 Å². The molecule has 0 saturated carbocycles. The summed E-state index contributed by atoms with van der Waals surface area (Å²) >= 11 is 0. The van der Waals surface area contributed by atoms with Crippen LogP contribution < -0.4 is 5.32 Å². The van der Waals surface area contributed by atoms with Crippen molar-refractivity contribution in [3.8, 4) is 0 Å². The number of nitrogens with zero attached hydrogens (tertiary/aromatic N) is 2. The first kappa shape index (κ1) is 28.1. The van der Waals surface area contributed by atoms with Crippen LogP contribution in [0.3, 0.4) is 0 Å². The minimum atomic E-state index is -1.00. The smallest absolute Gasteiger partial charge is 0.331 e. The van der Waals surface area contributed by atoms with E-state index in [1.165, 1.54) is 6.92 Å². The highest BCUT2D eigenvalue weighted by atomic mass is 16.4. The number of likely N-dealkylation sites (N-methyl/N-ethyl adjacent to an activating group) is 1. The van der Waals surface area contributed by atoms with Gasteiger partial charge in [-0.2, -0.15) is 0 Å². The SMILES string of the molecule is CC(=C[C@H](C(C)C)N(C)C(=O)[C@@H](NC(=O)[C@@H]1CC[C@H](C)CN1C(C)C)C(C)(C)C)C(=O)O. The summed E-state index contributed by atoms with van der Waals surface area (Å²) in [6.07, 6.45) is 3.39. The molecule has 0 bridgehead atoms. The predicted molar refractivity (Wildman–Crippen MR) is 128 cm³/mol. The second-order valence-electron chi connectivity index (χ2n) is 11.1. The zero-order valence-corrected chi connectivity index (χ0v) is 21.7. The van der Waals surface area contributed by atoms with Gasteiger partial charge in [0.05, 0.1) is 12.1 Å². The number of hydrogen-bond donors (Lipinski definition) is 2. The Kier molecular flexibility index (Phi) is 9.94. The first-order valence-corrected chi connectivity index (χ1v) is 11.8. The van der Waals surface area contributed by atoms with Gasteiger partial charge in [0.1, 0.15) is 6.04 Å². The van der Waals surface area contributed by atoms with Gasteiger partial charge in [-0.15, -0.1) is 0 Å². The number of hydrogen-bond acceptors (Lipinski definition) is 4. The summed E-state index contributed by atoms with van der Waals surface area (Å²) in [4.78, 5) is 42.1. The van der Waals surface area contributed by atoms with Crippen molar-refractivity contribution >= 4 is 17.8 Å². The lowest BCUT2D eigenvalue weighted by atomic mass is 9.84. The Morgan fingerprint density at radius 1 is 1.12 bits per heavy atom. The van der Waals surface area contributed by atoms with Crippen LogP contribution in [0, 0.1) is 17.3 Å². The zero-order chi connectivity index (χ0) is 25.0. The molecule has 0 aromatic heterocycles. The maximum Gasteiger partial charge on any atom is 0.331 e.